The molecular formula is C14H21N3S. The molecule has 3 nitrogen and oxygen atoms in total. The molecule has 3 N–H and O–H groups in total. The summed E-state index contributed by atoms with van der Waals surface area (Å²) in [5.41, 5.74) is 7.03. The van der Waals surface area contributed by atoms with Crippen molar-refractivity contribution in [3.8, 4) is 0 Å². The molecule has 1 saturated carbocycles. The molecule has 1 fully saturated rings. The van der Waals surface area contributed by atoms with Crippen molar-refractivity contribution in [2.75, 3.05) is 11.9 Å². The average Bonchev–Trinajstić information content (AvgIpc) is 2.67. The van der Waals surface area contributed by atoms with Crippen molar-refractivity contribution in [3.63, 3.8) is 0 Å². The van der Waals surface area contributed by atoms with Gasteiger partial charge in [-0.05, 0) is 28.9 Å². The molecule has 2 rings (SSSR count). The Bertz CT molecular complexity index is 466. The number of hydrogen-bond acceptors (Lipinski definition) is 3. The first-order valence-corrected chi connectivity index (χ1v) is 6.68. The van der Waals surface area contributed by atoms with E-state index in [1.54, 1.807) is 0 Å². The first kappa shape index (κ1) is 13.3. The summed E-state index contributed by atoms with van der Waals surface area (Å²) in [4.78, 5) is 4.73. The van der Waals surface area contributed by atoms with Crippen molar-refractivity contribution < 1.29 is 0 Å². The summed E-state index contributed by atoms with van der Waals surface area (Å²) < 4.78 is 0. The minimum atomic E-state index is 0.339. The Labute approximate surface area is 114 Å². The molecule has 18 heavy (non-hydrogen) atoms. The quantitative estimate of drug-likeness (QED) is 0.820. The Balaban J connectivity index is 2.00. The zero-order chi connectivity index (χ0) is 13.6. The molecule has 0 bridgehead atoms. The maximum atomic E-state index is 5.58. The number of anilines is 1. The summed E-state index contributed by atoms with van der Waals surface area (Å²) >= 11 is 4.93. The topological polar surface area (TPSA) is 50.9 Å². The van der Waals surface area contributed by atoms with E-state index < -0.39 is 0 Å². The lowest BCUT2D eigenvalue weighted by molar-refractivity contribution is 0.457. The van der Waals surface area contributed by atoms with Crippen LogP contribution in [0.5, 0.6) is 0 Å². The number of rotatable bonds is 4. The number of hydrogen-bond donors (Lipinski definition) is 2. The van der Waals surface area contributed by atoms with Crippen molar-refractivity contribution in [2.45, 2.75) is 27.7 Å². The zero-order valence-corrected chi connectivity index (χ0v) is 12.3. The highest BCUT2D eigenvalue weighted by atomic mass is 32.1. The van der Waals surface area contributed by atoms with Crippen LogP contribution in [-0.4, -0.2) is 16.5 Å². The predicted octanol–water partition coefficient (Wildman–Crippen LogP) is 2.81. The Hall–Kier alpha value is -1.16. The molecule has 0 unspecified atom stereocenters. The Kier molecular flexibility index (Phi) is 3.09. The highest BCUT2D eigenvalue weighted by Gasteiger charge is 2.64. The van der Waals surface area contributed by atoms with Crippen molar-refractivity contribution >= 4 is 23.0 Å². The van der Waals surface area contributed by atoms with Gasteiger partial charge in [-0.2, -0.15) is 0 Å². The average molecular weight is 263 g/mol. The van der Waals surface area contributed by atoms with Gasteiger partial charge in [-0.15, -0.1) is 0 Å². The third-order valence-corrected chi connectivity index (χ3v) is 5.02. The zero-order valence-electron chi connectivity index (χ0n) is 11.4. The molecule has 0 radical (unpaired) electrons. The van der Waals surface area contributed by atoms with Crippen molar-refractivity contribution in [3.05, 3.63) is 23.9 Å². The van der Waals surface area contributed by atoms with Gasteiger partial charge in [-0.25, -0.2) is 4.98 Å². The monoisotopic (exact) mass is 263 g/mol. The van der Waals surface area contributed by atoms with Crippen LogP contribution in [0.15, 0.2) is 18.2 Å². The number of nitrogens with one attached hydrogen (secondary N) is 1. The van der Waals surface area contributed by atoms with E-state index >= 15 is 0 Å². The minimum absolute atomic E-state index is 0.339. The van der Waals surface area contributed by atoms with Crippen LogP contribution in [-0.2, 0) is 0 Å². The summed E-state index contributed by atoms with van der Waals surface area (Å²) in [5, 5.41) is 3.39. The molecule has 1 aliphatic rings. The molecule has 1 aromatic rings. The van der Waals surface area contributed by atoms with Crippen molar-refractivity contribution in [1.29, 1.82) is 0 Å². The molecule has 98 valence electrons. The van der Waals surface area contributed by atoms with Gasteiger partial charge in [-0.3, -0.25) is 0 Å². The minimum Gasteiger partial charge on any atom is -0.388 e. The van der Waals surface area contributed by atoms with Gasteiger partial charge < -0.3 is 11.1 Å². The molecule has 0 aliphatic heterocycles. The van der Waals surface area contributed by atoms with Crippen molar-refractivity contribution in [1.82, 2.24) is 4.98 Å². The highest BCUT2D eigenvalue weighted by molar-refractivity contribution is 7.80. The molecule has 0 atom stereocenters. The lowest BCUT2D eigenvalue weighted by Crippen LogP contribution is -2.14. The van der Waals surface area contributed by atoms with E-state index in [9.17, 15) is 0 Å². The summed E-state index contributed by atoms with van der Waals surface area (Å²) in [6, 6.07) is 5.70. The van der Waals surface area contributed by atoms with E-state index in [1.165, 1.54) is 0 Å². The highest BCUT2D eigenvalue weighted by Crippen LogP contribution is 2.68. The van der Waals surface area contributed by atoms with E-state index in [0.717, 1.165) is 12.4 Å². The third kappa shape index (κ3) is 2.09. The number of nitrogens with two attached hydrogens (primary N) is 1. The molecular weight excluding hydrogens is 242 g/mol. The van der Waals surface area contributed by atoms with E-state index in [2.05, 4.69) is 38.0 Å². The maximum Gasteiger partial charge on any atom is 0.126 e. The number of pyridine rings is 1. The fourth-order valence-corrected chi connectivity index (χ4v) is 2.83. The first-order chi connectivity index (χ1) is 8.26. The SMILES string of the molecule is CC1(C)C(CNc2cccc(C(N)=S)n2)C1(C)C. The van der Waals surface area contributed by atoms with Crippen LogP contribution in [0.3, 0.4) is 0 Å². The lowest BCUT2D eigenvalue weighted by atomic mass is 10.0. The second kappa shape index (κ2) is 4.19. The van der Waals surface area contributed by atoms with Crippen LogP contribution in [0.25, 0.3) is 0 Å². The van der Waals surface area contributed by atoms with Crippen LogP contribution in [0.1, 0.15) is 33.4 Å². The molecule has 4 heteroatoms. The van der Waals surface area contributed by atoms with Gasteiger partial charge in [0.25, 0.3) is 0 Å². The molecule has 1 aromatic heterocycles. The summed E-state index contributed by atoms with van der Waals surface area (Å²) in [6.45, 7) is 10.2. The summed E-state index contributed by atoms with van der Waals surface area (Å²) in [7, 11) is 0. The van der Waals surface area contributed by atoms with E-state index in [1.807, 2.05) is 18.2 Å². The predicted molar refractivity (Wildman–Crippen MR) is 79.7 cm³/mol. The third-order valence-electron chi connectivity index (χ3n) is 4.81. The van der Waals surface area contributed by atoms with Crippen LogP contribution in [0.2, 0.25) is 0 Å². The molecule has 0 aromatic carbocycles. The Morgan fingerprint density at radius 2 is 1.94 bits per heavy atom. The van der Waals surface area contributed by atoms with Gasteiger partial charge in [0.1, 0.15) is 10.8 Å². The Morgan fingerprint density at radius 3 is 2.44 bits per heavy atom. The van der Waals surface area contributed by atoms with Gasteiger partial charge >= 0.3 is 0 Å². The van der Waals surface area contributed by atoms with Crippen LogP contribution in [0, 0.1) is 16.7 Å². The summed E-state index contributed by atoms with van der Waals surface area (Å²) in [6.07, 6.45) is 0. The fourth-order valence-electron chi connectivity index (χ4n) is 2.72. The van der Waals surface area contributed by atoms with Crippen LogP contribution < -0.4 is 11.1 Å². The van der Waals surface area contributed by atoms with Gasteiger partial charge in [0, 0.05) is 6.54 Å². The Morgan fingerprint density at radius 1 is 1.33 bits per heavy atom. The lowest BCUT2D eigenvalue weighted by Gasteiger charge is -2.08. The first-order valence-electron chi connectivity index (χ1n) is 6.27. The van der Waals surface area contributed by atoms with Gasteiger partial charge in [0.05, 0.1) is 5.69 Å². The smallest absolute Gasteiger partial charge is 0.126 e. The normalized spacial score (nSPS) is 20.4. The molecule has 0 saturated heterocycles. The standard InChI is InChI=1S/C14H21N3S/c1-13(2)10(14(13,3)4)8-16-11-7-5-6-9(17-11)12(15)18/h5-7,10H,8H2,1-4H3,(H2,15,18)(H,16,17). The number of thiocarbonyl (C=S) groups is 1. The fraction of sp³-hybridized carbons (Fsp3) is 0.571. The van der Waals surface area contributed by atoms with E-state index in [0.29, 0.717) is 27.4 Å². The number of nitrogens with zero attached hydrogens (tertiary/aromatic N) is 1. The second-order valence-electron chi connectivity index (χ2n) is 6.15. The molecule has 1 heterocycles. The number of aromatic nitrogens is 1. The van der Waals surface area contributed by atoms with Crippen molar-refractivity contribution in [2.24, 2.45) is 22.5 Å². The van der Waals surface area contributed by atoms with Crippen LogP contribution >= 0.6 is 12.2 Å². The second-order valence-corrected chi connectivity index (χ2v) is 6.59. The molecule has 1 aliphatic carbocycles. The molecule has 0 amide bonds. The largest absolute Gasteiger partial charge is 0.388 e. The van der Waals surface area contributed by atoms with Crippen LogP contribution in [0.4, 0.5) is 5.82 Å². The van der Waals surface area contributed by atoms with Gasteiger partial charge in [0.15, 0.2) is 0 Å². The van der Waals surface area contributed by atoms with E-state index in [4.69, 9.17) is 18.0 Å². The van der Waals surface area contributed by atoms with Gasteiger partial charge in [-0.1, -0.05) is 46.0 Å². The van der Waals surface area contributed by atoms with Gasteiger partial charge in [0.2, 0.25) is 0 Å². The summed E-state index contributed by atoms with van der Waals surface area (Å²) in [5.74, 6) is 1.51. The maximum absolute atomic E-state index is 5.58. The molecule has 0 spiro atoms. The van der Waals surface area contributed by atoms with E-state index in [-0.39, 0.29) is 0 Å².